The molecular formula is C12H14BrNO2. The van der Waals surface area contributed by atoms with E-state index in [1.165, 1.54) is 0 Å². The zero-order valence-electron chi connectivity index (χ0n) is 8.90. The zero-order valence-corrected chi connectivity index (χ0v) is 10.5. The number of hydrogen-bond acceptors (Lipinski definition) is 3. The number of anilines is 1. The average molecular weight is 284 g/mol. The van der Waals surface area contributed by atoms with E-state index in [-0.39, 0.29) is 6.61 Å². The molecule has 4 heteroatoms. The number of aliphatic hydroxyl groups excluding tert-OH is 1. The second kappa shape index (κ2) is 4.97. The Labute approximate surface area is 103 Å². The molecule has 1 aromatic rings. The van der Waals surface area contributed by atoms with Crippen molar-refractivity contribution in [3.8, 4) is 0 Å². The minimum atomic E-state index is 0.116. The number of aldehydes is 1. The number of carbonyl (C=O) groups excluding carboxylic acids is 1. The molecule has 0 heterocycles. The monoisotopic (exact) mass is 283 g/mol. The summed E-state index contributed by atoms with van der Waals surface area (Å²) in [5.74, 6) is 0. The van der Waals surface area contributed by atoms with E-state index in [0.29, 0.717) is 18.2 Å². The largest absolute Gasteiger partial charge is 0.395 e. The van der Waals surface area contributed by atoms with Crippen LogP contribution in [-0.4, -0.2) is 30.6 Å². The molecule has 16 heavy (non-hydrogen) atoms. The van der Waals surface area contributed by atoms with E-state index >= 15 is 0 Å². The summed E-state index contributed by atoms with van der Waals surface area (Å²) in [7, 11) is 0. The predicted octanol–water partition coefficient (Wildman–Crippen LogP) is 2.22. The van der Waals surface area contributed by atoms with Crippen molar-refractivity contribution in [2.45, 2.75) is 18.9 Å². The third kappa shape index (κ3) is 2.44. The van der Waals surface area contributed by atoms with Crippen LogP contribution in [0.4, 0.5) is 5.69 Å². The highest BCUT2D eigenvalue weighted by Crippen LogP contribution is 2.33. The van der Waals surface area contributed by atoms with Crippen molar-refractivity contribution in [1.29, 1.82) is 0 Å². The van der Waals surface area contributed by atoms with Gasteiger partial charge in [-0.2, -0.15) is 0 Å². The Morgan fingerprint density at radius 2 is 2.25 bits per heavy atom. The Kier molecular flexibility index (Phi) is 3.61. The molecule has 1 aliphatic carbocycles. The molecule has 1 fully saturated rings. The first-order chi connectivity index (χ1) is 7.76. The fourth-order valence-electron chi connectivity index (χ4n) is 1.87. The second-order valence-electron chi connectivity index (χ2n) is 3.97. The maximum absolute atomic E-state index is 11.0. The number of halogens is 1. The highest BCUT2D eigenvalue weighted by atomic mass is 79.9. The van der Waals surface area contributed by atoms with Gasteiger partial charge in [-0.1, -0.05) is 15.9 Å². The molecule has 1 aliphatic rings. The maximum Gasteiger partial charge on any atom is 0.152 e. The van der Waals surface area contributed by atoms with Gasteiger partial charge in [0.05, 0.1) is 6.61 Å². The van der Waals surface area contributed by atoms with Crippen molar-refractivity contribution in [1.82, 2.24) is 0 Å². The van der Waals surface area contributed by atoms with Crippen LogP contribution < -0.4 is 4.90 Å². The first-order valence-electron chi connectivity index (χ1n) is 5.38. The lowest BCUT2D eigenvalue weighted by molar-refractivity contribution is 0.112. The minimum Gasteiger partial charge on any atom is -0.395 e. The SMILES string of the molecule is O=Cc1cc(Br)ccc1N(CCO)C1CC1. The van der Waals surface area contributed by atoms with Crippen molar-refractivity contribution in [2.75, 3.05) is 18.1 Å². The van der Waals surface area contributed by atoms with Crippen LogP contribution in [-0.2, 0) is 0 Å². The minimum absolute atomic E-state index is 0.116. The van der Waals surface area contributed by atoms with Crippen molar-refractivity contribution in [3.05, 3.63) is 28.2 Å². The Morgan fingerprint density at radius 3 is 2.81 bits per heavy atom. The van der Waals surface area contributed by atoms with Crippen molar-refractivity contribution in [3.63, 3.8) is 0 Å². The van der Waals surface area contributed by atoms with E-state index in [2.05, 4.69) is 20.8 Å². The number of hydrogen-bond donors (Lipinski definition) is 1. The van der Waals surface area contributed by atoms with E-state index in [1.54, 1.807) is 0 Å². The summed E-state index contributed by atoms with van der Waals surface area (Å²) in [4.78, 5) is 13.1. The lowest BCUT2D eigenvalue weighted by Crippen LogP contribution is -2.29. The Balaban J connectivity index is 2.31. The summed E-state index contributed by atoms with van der Waals surface area (Å²) in [6.07, 6.45) is 3.16. The first kappa shape index (κ1) is 11.6. The van der Waals surface area contributed by atoms with Crippen LogP contribution >= 0.6 is 15.9 Å². The number of carbonyl (C=O) groups is 1. The topological polar surface area (TPSA) is 40.5 Å². The van der Waals surface area contributed by atoms with Gasteiger partial charge in [0.15, 0.2) is 6.29 Å². The molecule has 1 saturated carbocycles. The van der Waals surface area contributed by atoms with Gasteiger partial charge in [0.25, 0.3) is 0 Å². The number of nitrogens with zero attached hydrogens (tertiary/aromatic N) is 1. The van der Waals surface area contributed by atoms with E-state index in [0.717, 1.165) is 29.3 Å². The van der Waals surface area contributed by atoms with Crippen LogP contribution in [0, 0.1) is 0 Å². The van der Waals surface area contributed by atoms with Crippen LogP contribution in [0.15, 0.2) is 22.7 Å². The smallest absolute Gasteiger partial charge is 0.152 e. The quantitative estimate of drug-likeness (QED) is 0.843. The summed E-state index contributed by atoms with van der Waals surface area (Å²) < 4.78 is 0.901. The summed E-state index contributed by atoms with van der Waals surface area (Å²) >= 11 is 3.35. The van der Waals surface area contributed by atoms with Gasteiger partial charge in [-0.3, -0.25) is 4.79 Å². The van der Waals surface area contributed by atoms with Gasteiger partial charge in [-0.25, -0.2) is 0 Å². The predicted molar refractivity (Wildman–Crippen MR) is 67.0 cm³/mol. The van der Waals surface area contributed by atoms with Gasteiger partial charge in [-0.15, -0.1) is 0 Å². The van der Waals surface area contributed by atoms with E-state index in [4.69, 9.17) is 5.11 Å². The van der Waals surface area contributed by atoms with Gasteiger partial charge < -0.3 is 10.0 Å². The van der Waals surface area contributed by atoms with Gasteiger partial charge in [-0.05, 0) is 31.0 Å². The molecule has 2 rings (SSSR count). The molecule has 3 nitrogen and oxygen atoms in total. The highest BCUT2D eigenvalue weighted by molar-refractivity contribution is 9.10. The molecule has 1 N–H and O–H groups in total. The number of rotatable bonds is 5. The van der Waals surface area contributed by atoms with Crippen molar-refractivity contribution < 1.29 is 9.90 Å². The second-order valence-corrected chi connectivity index (χ2v) is 4.88. The zero-order chi connectivity index (χ0) is 11.5. The number of benzene rings is 1. The fraction of sp³-hybridized carbons (Fsp3) is 0.417. The van der Waals surface area contributed by atoms with Gasteiger partial charge in [0, 0.05) is 28.3 Å². The van der Waals surface area contributed by atoms with E-state index in [1.807, 2.05) is 18.2 Å². The molecule has 0 aromatic heterocycles. The Hall–Kier alpha value is -0.870. The first-order valence-corrected chi connectivity index (χ1v) is 6.18. The molecule has 0 amide bonds. The van der Waals surface area contributed by atoms with Crippen LogP contribution in [0.2, 0.25) is 0 Å². The molecule has 0 radical (unpaired) electrons. The van der Waals surface area contributed by atoms with Gasteiger partial charge >= 0.3 is 0 Å². The summed E-state index contributed by atoms with van der Waals surface area (Å²) in [5, 5.41) is 9.05. The maximum atomic E-state index is 11.0. The standard InChI is InChI=1S/C12H14BrNO2/c13-10-1-4-12(9(7-10)8-16)14(5-6-15)11-2-3-11/h1,4,7-8,11,15H,2-3,5-6H2. The van der Waals surface area contributed by atoms with Crippen LogP contribution in [0.5, 0.6) is 0 Å². The van der Waals surface area contributed by atoms with Crippen LogP contribution in [0.25, 0.3) is 0 Å². The van der Waals surface area contributed by atoms with E-state index < -0.39 is 0 Å². The molecule has 0 unspecified atom stereocenters. The van der Waals surface area contributed by atoms with Crippen molar-refractivity contribution >= 4 is 27.9 Å². The van der Waals surface area contributed by atoms with Crippen LogP contribution in [0.3, 0.4) is 0 Å². The van der Waals surface area contributed by atoms with Gasteiger partial charge in [0.2, 0.25) is 0 Å². The fourth-order valence-corrected chi connectivity index (χ4v) is 2.25. The summed E-state index contributed by atoms with van der Waals surface area (Å²) in [6, 6.07) is 6.17. The molecule has 86 valence electrons. The summed E-state index contributed by atoms with van der Waals surface area (Å²) in [5.41, 5.74) is 1.60. The molecule has 0 saturated heterocycles. The van der Waals surface area contributed by atoms with Gasteiger partial charge in [0.1, 0.15) is 0 Å². The highest BCUT2D eigenvalue weighted by Gasteiger charge is 2.29. The third-order valence-corrected chi connectivity index (χ3v) is 3.25. The lowest BCUT2D eigenvalue weighted by Gasteiger charge is -2.25. The third-order valence-electron chi connectivity index (χ3n) is 2.75. The molecule has 0 bridgehead atoms. The normalized spacial score (nSPS) is 14.9. The molecule has 0 atom stereocenters. The Bertz CT molecular complexity index is 391. The van der Waals surface area contributed by atoms with E-state index in [9.17, 15) is 4.79 Å². The lowest BCUT2D eigenvalue weighted by atomic mass is 10.1. The number of aliphatic hydroxyl groups is 1. The van der Waals surface area contributed by atoms with Crippen molar-refractivity contribution in [2.24, 2.45) is 0 Å². The molecule has 0 spiro atoms. The molecule has 0 aliphatic heterocycles. The molecular weight excluding hydrogens is 270 g/mol. The molecule has 1 aromatic carbocycles. The summed E-state index contributed by atoms with van der Waals surface area (Å²) in [6.45, 7) is 0.706. The average Bonchev–Trinajstić information content (AvgIpc) is 3.10. The van der Waals surface area contributed by atoms with Crippen LogP contribution in [0.1, 0.15) is 23.2 Å². The Morgan fingerprint density at radius 1 is 1.50 bits per heavy atom.